The number of piperidine rings is 2. The first kappa shape index (κ1) is 34.2. The van der Waals surface area contributed by atoms with Gasteiger partial charge in [-0.3, -0.25) is 24.2 Å². The molecule has 7 aliphatic heterocycles. The van der Waals surface area contributed by atoms with Gasteiger partial charge >= 0.3 is 0 Å². The van der Waals surface area contributed by atoms with E-state index in [-0.39, 0.29) is 59.8 Å². The minimum atomic E-state index is -0.209. The number of carbonyl (C=O) groups is 3. The van der Waals surface area contributed by atoms with E-state index in [1.807, 2.05) is 4.68 Å². The maximum absolute atomic E-state index is 14.4. The second-order valence-electron chi connectivity index (χ2n) is 17.0. The van der Waals surface area contributed by atoms with E-state index >= 15 is 0 Å². The molecule has 4 saturated heterocycles. The van der Waals surface area contributed by atoms with Crippen LogP contribution in [0.2, 0.25) is 0 Å². The molecule has 2 aromatic rings. The predicted octanol–water partition coefficient (Wildman–Crippen LogP) is 3.41. The van der Waals surface area contributed by atoms with Gasteiger partial charge in [0.05, 0.1) is 40.9 Å². The van der Waals surface area contributed by atoms with Gasteiger partial charge in [-0.1, -0.05) is 38.8 Å². The lowest BCUT2D eigenvalue weighted by atomic mass is 9.93. The van der Waals surface area contributed by atoms with Crippen LogP contribution in [0.5, 0.6) is 0 Å². The third-order valence-electron chi connectivity index (χ3n) is 12.7. The summed E-state index contributed by atoms with van der Waals surface area (Å²) in [4.78, 5) is 57.3. The summed E-state index contributed by atoms with van der Waals surface area (Å²) in [5.41, 5.74) is 1.74. The number of aryl methyl sites for hydroxylation is 1. The molecule has 9 heterocycles. The van der Waals surface area contributed by atoms with Gasteiger partial charge in [-0.25, -0.2) is 9.67 Å². The lowest BCUT2D eigenvalue weighted by Crippen LogP contribution is -2.55. The van der Waals surface area contributed by atoms with E-state index in [9.17, 15) is 14.4 Å². The van der Waals surface area contributed by atoms with Crippen molar-refractivity contribution < 1.29 is 14.4 Å². The molecule has 3 amide bonds. The van der Waals surface area contributed by atoms with Crippen molar-refractivity contribution in [2.24, 2.45) is 0 Å². The van der Waals surface area contributed by atoms with Crippen molar-refractivity contribution in [1.29, 1.82) is 0 Å². The average molecular weight is 706 g/mol. The van der Waals surface area contributed by atoms with Crippen molar-refractivity contribution in [3.05, 3.63) is 27.5 Å². The first-order valence-electron chi connectivity index (χ1n) is 19.3. The Morgan fingerprint density at radius 2 is 1.42 bits per heavy atom. The van der Waals surface area contributed by atoms with Gasteiger partial charge in [-0.15, -0.1) is 16.4 Å². The quantitative estimate of drug-likeness (QED) is 0.505. The lowest BCUT2D eigenvalue weighted by molar-refractivity contribution is -0.141. The van der Waals surface area contributed by atoms with E-state index in [0.29, 0.717) is 31.5 Å². The van der Waals surface area contributed by atoms with E-state index < -0.39 is 0 Å². The first-order chi connectivity index (χ1) is 24.0. The predicted molar refractivity (Wildman–Crippen MR) is 191 cm³/mol. The molecule has 1 N–H and O–H groups in total. The standard InChI is InChI=1S/C37H55N9O3S/c1-23-29-19-33(47)38-25-17-30(44(20-25)26-7-5-6-8-26)35(48)43-15-11-27(12-16-43)45-21-28(46-22-32(40-41-46)37(2,3)4)18-31(45)36(49)42-13-9-24(10-14-42)34(39-29)50-23/h22,24-28,30-31H,5-21H2,1-4H3,(H,38,47)/t25-,28+,30+,31+/m1/s1. The molecule has 272 valence electrons. The maximum atomic E-state index is 14.4. The van der Waals surface area contributed by atoms with Crippen molar-refractivity contribution in [3.63, 3.8) is 0 Å². The summed E-state index contributed by atoms with van der Waals surface area (Å²) in [5, 5.41) is 13.5. The first-order valence-corrected chi connectivity index (χ1v) is 20.1. The Labute approximate surface area is 300 Å². The number of nitrogens with zero attached hydrogens (tertiary/aromatic N) is 8. The molecule has 4 atom stereocenters. The molecule has 0 unspecified atom stereocenters. The summed E-state index contributed by atoms with van der Waals surface area (Å²) >= 11 is 1.71. The van der Waals surface area contributed by atoms with Crippen molar-refractivity contribution >= 4 is 29.1 Å². The Bertz CT molecular complexity index is 1580. The largest absolute Gasteiger partial charge is 0.352 e. The molecule has 5 fully saturated rings. The van der Waals surface area contributed by atoms with E-state index in [0.717, 1.165) is 92.4 Å². The van der Waals surface area contributed by atoms with Crippen LogP contribution in [0, 0.1) is 6.92 Å². The molecule has 0 radical (unpaired) electrons. The second kappa shape index (κ2) is 13.6. The topological polar surface area (TPSA) is 120 Å². The Balaban J connectivity index is 1.07. The number of rotatable bonds is 2. The summed E-state index contributed by atoms with van der Waals surface area (Å²) in [6, 6.07) is 0.285. The van der Waals surface area contributed by atoms with Crippen molar-refractivity contribution in [1.82, 2.24) is 44.9 Å². The van der Waals surface area contributed by atoms with Crippen molar-refractivity contribution in [3.8, 4) is 0 Å². The summed E-state index contributed by atoms with van der Waals surface area (Å²) in [5.74, 6) is 0.743. The zero-order chi connectivity index (χ0) is 34.7. The highest BCUT2D eigenvalue weighted by Gasteiger charge is 2.47. The normalized spacial score (nSPS) is 32.2. The Morgan fingerprint density at radius 1 is 0.800 bits per heavy atom. The van der Waals surface area contributed by atoms with E-state index in [1.165, 1.54) is 12.8 Å². The van der Waals surface area contributed by atoms with Crippen molar-refractivity contribution in [2.45, 2.75) is 146 Å². The van der Waals surface area contributed by atoms with Crippen LogP contribution >= 0.6 is 11.3 Å². The molecule has 50 heavy (non-hydrogen) atoms. The number of thiazole rings is 1. The van der Waals surface area contributed by atoms with Crippen LogP contribution in [0.15, 0.2) is 6.20 Å². The smallest absolute Gasteiger partial charge is 0.240 e. The zero-order valence-corrected chi connectivity index (χ0v) is 31.2. The average Bonchev–Trinajstić information content (AvgIpc) is 3.94. The zero-order valence-electron chi connectivity index (χ0n) is 30.4. The molecule has 12 nitrogen and oxygen atoms in total. The number of aromatic nitrogens is 4. The van der Waals surface area contributed by atoms with Crippen LogP contribution < -0.4 is 5.32 Å². The van der Waals surface area contributed by atoms with Gasteiger partial charge in [0.25, 0.3) is 0 Å². The highest BCUT2D eigenvalue weighted by molar-refractivity contribution is 7.11. The van der Waals surface area contributed by atoms with Crippen molar-refractivity contribution in [2.75, 3.05) is 39.3 Å². The number of nitrogens with one attached hydrogen (secondary N) is 1. The number of hydrogen-bond donors (Lipinski definition) is 1. The number of amides is 3. The van der Waals surface area contributed by atoms with Gasteiger partial charge in [0.2, 0.25) is 17.7 Å². The van der Waals surface area contributed by atoms with Gasteiger partial charge in [-0.05, 0) is 58.3 Å². The Morgan fingerprint density at radius 3 is 2.08 bits per heavy atom. The van der Waals surface area contributed by atoms with Gasteiger partial charge < -0.3 is 15.1 Å². The molecular formula is C37H55N9O3S. The molecule has 13 heteroatoms. The number of carbonyl (C=O) groups excluding carboxylic acids is 3. The SMILES string of the molecule is Cc1sc2nc1CC(=O)N[C@@H]1C[C@@H](C(=O)N3CCC(CC3)N3C[C@@H](n4cc(C(C)(C)C)nn4)C[C@H]3C(=O)N3CCC2CC3)N(C2CCCC2)C1. The molecule has 2 aromatic heterocycles. The fraction of sp³-hybridized carbons (Fsp3) is 0.784. The third kappa shape index (κ3) is 6.62. The van der Waals surface area contributed by atoms with Gasteiger partial charge in [0, 0.05) is 79.8 Å². The van der Waals surface area contributed by atoms with Gasteiger partial charge in [-0.2, -0.15) is 0 Å². The minimum absolute atomic E-state index is 0.000889. The third-order valence-corrected chi connectivity index (χ3v) is 13.9. The van der Waals surface area contributed by atoms with Gasteiger partial charge in [0.15, 0.2) is 0 Å². The van der Waals surface area contributed by atoms with Crippen LogP contribution in [0.3, 0.4) is 0 Å². The fourth-order valence-electron chi connectivity index (χ4n) is 9.73. The van der Waals surface area contributed by atoms with Crippen LogP contribution in [0.4, 0.5) is 0 Å². The van der Waals surface area contributed by atoms with Crippen LogP contribution in [0.25, 0.3) is 0 Å². The molecule has 0 spiro atoms. The summed E-state index contributed by atoms with van der Waals surface area (Å²) in [6.45, 7) is 12.9. The molecule has 1 aliphatic carbocycles. The van der Waals surface area contributed by atoms with Crippen LogP contribution in [-0.4, -0.2) is 127 Å². The van der Waals surface area contributed by atoms with Crippen LogP contribution in [0.1, 0.15) is 118 Å². The van der Waals surface area contributed by atoms with Crippen LogP contribution in [-0.2, 0) is 26.2 Å². The molecule has 8 aliphatic rings. The molecule has 1 saturated carbocycles. The lowest BCUT2D eigenvalue weighted by Gasteiger charge is -2.42. The Kier molecular flexibility index (Phi) is 9.29. The molecular weight excluding hydrogens is 651 g/mol. The summed E-state index contributed by atoms with van der Waals surface area (Å²) in [6.07, 6.45) is 11.9. The fourth-order valence-corrected chi connectivity index (χ4v) is 10.8. The summed E-state index contributed by atoms with van der Waals surface area (Å²) < 4.78 is 2.01. The Hall–Kier alpha value is -2.90. The number of hydrogen-bond acceptors (Lipinski definition) is 9. The monoisotopic (exact) mass is 705 g/mol. The minimum Gasteiger partial charge on any atom is -0.352 e. The molecule has 8 bridgehead atoms. The highest BCUT2D eigenvalue weighted by Crippen LogP contribution is 2.38. The highest BCUT2D eigenvalue weighted by atomic mass is 32.1. The van der Waals surface area contributed by atoms with E-state index in [4.69, 9.17) is 4.98 Å². The number of likely N-dealkylation sites (tertiary alicyclic amines) is 1. The molecule has 10 rings (SSSR count). The maximum Gasteiger partial charge on any atom is 0.240 e. The van der Waals surface area contributed by atoms with Gasteiger partial charge in [0.1, 0.15) is 0 Å². The van der Waals surface area contributed by atoms with E-state index in [1.54, 1.807) is 11.3 Å². The molecule has 0 aromatic carbocycles. The van der Waals surface area contributed by atoms with E-state index in [2.05, 4.69) is 69.1 Å². The second-order valence-corrected chi connectivity index (χ2v) is 18.2. The number of fused-ring (bicyclic) bond motifs is 2. The summed E-state index contributed by atoms with van der Waals surface area (Å²) in [7, 11) is 0.